The maximum atomic E-state index is 12.4. The molecule has 0 saturated carbocycles. The maximum Gasteiger partial charge on any atom is 0.387 e. The van der Waals surface area contributed by atoms with Crippen molar-refractivity contribution in [2.24, 2.45) is 0 Å². The van der Waals surface area contributed by atoms with Crippen LogP contribution < -0.4 is 19.7 Å². The highest BCUT2D eigenvalue weighted by molar-refractivity contribution is 5.78. The fraction of sp³-hybridized carbons (Fsp3) is 0.381. The molecule has 0 aliphatic carbocycles. The van der Waals surface area contributed by atoms with E-state index in [1.165, 1.54) is 13.2 Å². The van der Waals surface area contributed by atoms with E-state index in [4.69, 9.17) is 4.74 Å². The van der Waals surface area contributed by atoms with Gasteiger partial charge in [0.2, 0.25) is 5.91 Å². The second-order valence-electron chi connectivity index (χ2n) is 6.89. The van der Waals surface area contributed by atoms with Gasteiger partial charge in [0.15, 0.2) is 11.5 Å². The highest BCUT2D eigenvalue weighted by Crippen LogP contribution is 2.29. The number of nitrogens with zero attached hydrogens (tertiary/aromatic N) is 2. The predicted octanol–water partition coefficient (Wildman–Crippen LogP) is 2.44. The number of carbonyl (C=O) groups is 1. The molecule has 30 heavy (non-hydrogen) atoms. The third-order valence-corrected chi connectivity index (χ3v) is 4.90. The Morgan fingerprint density at radius 3 is 2.53 bits per heavy atom. The molecule has 1 heterocycles. The second-order valence-corrected chi connectivity index (χ2v) is 6.89. The lowest BCUT2D eigenvalue weighted by molar-refractivity contribution is -0.122. The number of methoxy groups -OCH3 is 1. The molecule has 1 fully saturated rings. The van der Waals surface area contributed by atoms with Crippen LogP contribution >= 0.6 is 0 Å². The minimum Gasteiger partial charge on any atom is -0.506 e. The molecule has 0 bridgehead atoms. The molecular weight excluding hydrogens is 396 g/mol. The van der Waals surface area contributed by atoms with Crippen LogP contribution in [0.3, 0.4) is 0 Å². The van der Waals surface area contributed by atoms with Gasteiger partial charge in [0.25, 0.3) is 0 Å². The first kappa shape index (κ1) is 21.6. The van der Waals surface area contributed by atoms with Gasteiger partial charge in [0, 0.05) is 32.7 Å². The van der Waals surface area contributed by atoms with Crippen molar-refractivity contribution in [1.29, 1.82) is 0 Å². The number of hydrogen-bond acceptors (Lipinski definition) is 6. The van der Waals surface area contributed by atoms with E-state index in [-0.39, 0.29) is 36.2 Å². The number of carbonyl (C=O) groups excluding carboxylic acids is 1. The molecule has 2 aromatic rings. The van der Waals surface area contributed by atoms with Gasteiger partial charge in [-0.1, -0.05) is 18.2 Å². The van der Waals surface area contributed by atoms with E-state index in [0.717, 1.165) is 5.69 Å². The van der Waals surface area contributed by atoms with Gasteiger partial charge in [0.05, 0.1) is 19.3 Å². The Morgan fingerprint density at radius 1 is 1.13 bits per heavy atom. The smallest absolute Gasteiger partial charge is 0.387 e. The van der Waals surface area contributed by atoms with Crippen LogP contribution in [-0.4, -0.2) is 62.4 Å². The van der Waals surface area contributed by atoms with Crippen LogP contribution in [0.4, 0.5) is 14.5 Å². The summed E-state index contributed by atoms with van der Waals surface area (Å²) in [4.78, 5) is 16.4. The van der Waals surface area contributed by atoms with Gasteiger partial charge >= 0.3 is 6.61 Å². The van der Waals surface area contributed by atoms with Crippen molar-refractivity contribution in [1.82, 2.24) is 10.2 Å². The van der Waals surface area contributed by atoms with Crippen molar-refractivity contribution >= 4 is 11.6 Å². The minimum absolute atomic E-state index is 0.0510. The van der Waals surface area contributed by atoms with Gasteiger partial charge in [-0.25, -0.2) is 0 Å². The van der Waals surface area contributed by atoms with Crippen LogP contribution in [0.5, 0.6) is 17.2 Å². The van der Waals surface area contributed by atoms with E-state index in [1.54, 1.807) is 24.3 Å². The summed E-state index contributed by atoms with van der Waals surface area (Å²) < 4.78 is 34.3. The molecule has 0 aromatic heterocycles. The zero-order valence-electron chi connectivity index (χ0n) is 16.7. The Bertz CT molecular complexity index is 858. The van der Waals surface area contributed by atoms with Gasteiger partial charge in [-0.05, 0) is 29.8 Å². The normalized spacial score (nSPS) is 14.6. The number of benzene rings is 2. The van der Waals surface area contributed by atoms with Crippen LogP contribution in [0.15, 0.2) is 42.5 Å². The number of piperazine rings is 1. The van der Waals surface area contributed by atoms with Gasteiger partial charge < -0.3 is 24.8 Å². The predicted molar refractivity (Wildman–Crippen MR) is 108 cm³/mol. The third-order valence-electron chi connectivity index (χ3n) is 4.90. The first-order valence-corrected chi connectivity index (χ1v) is 9.60. The molecule has 3 rings (SSSR count). The average molecular weight is 421 g/mol. The van der Waals surface area contributed by atoms with Crippen molar-refractivity contribution < 1.29 is 28.2 Å². The van der Waals surface area contributed by atoms with E-state index < -0.39 is 6.61 Å². The number of anilines is 1. The molecule has 7 nitrogen and oxygen atoms in total. The molecule has 1 amide bonds. The topological polar surface area (TPSA) is 74.3 Å². The summed E-state index contributed by atoms with van der Waals surface area (Å²) in [6.07, 6.45) is 0. The highest BCUT2D eigenvalue weighted by atomic mass is 19.3. The lowest BCUT2D eigenvalue weighted by Crippen LogP contribution is -2.49. The summed E-state index contributed by atoms with van der Waals surface area (Å²) in [6.45, 7) is 0.419. The number of aromatic hydroxyl groups is 1. The lowest BCUT2D eigenvalue weighted by Gasteiger charge is -2.35. The summed E-state index contributed by atoms with van der Waals surface area (Å²) in [7, 11) is 1.37. The van der Waals surface area contributed by atoms with E-state index in [1.807, 2.05) is 17.0 Å². The molecule has 2 aromatic carbocycles. The molecule has 9 heteroatoms. The van der Waals surface area contributed by atoms with Crippen molar-refractivity contribution in [3.05, 3.63) is 48.0 Å². The van der Waals surface area contributed by atoms with Crippen molar-refractivity contribution in [3.63, 3.8) is 0 Å². The van der Waals surface area contributed by atoms with Gasteiger partial charge in [0.1, 0.15) is 5.75 Å². The minimum atomic E-state index is -2.93. The van der Waals surface area contributed by atoms with Crippen LogP contribution in [0.2, 0.25) is 0 Å². The van der Waals surface area contributed by atoms with Gasteiger partial charge in [-0.15, -0.1) is 0 Å². The molecule has 2 N–H and O–H groups in total. The van der Waals surface area contributed by atoms with Gasteiger partial charge in [-0.3, -0.25) is 9.69 Å². The monoisotopic (exact) mass is 421 g/mol. The average Bonchev–Trinajstić information content (AvgIpc) is 2.73. The summed E-state index contributed by atoms with van der Waals surface area (Å²) in [5.41, 5.74) is 1.51. The Balaban J connectivity index is 1.46. The number of amides is 1. The van der Waals surface area contributed by atoms with Crippen molar-refractivity contribution in [3.8, 4) is 17.2 Å². The SMILES string of the molecule is COc1cc(CNC(=O)CN2CCN(c3ccccc3O)CC2)ccc1OC(F)F. The number of phenols is 1. The zero-order valence-corrected chi connectivity index (χ0v) is 16.7. The molecule has 1 saturated heterocycles. The second kappa shape index (κ2) is 10.1. The third kappa shape index (κ3) is 5.73. The van der Waals surface area contributed by atoms with E-state index in [2.05, 4.69) is 15.0 Å². The maximum absolute atomic E-state index is 12.4. The molecule has 1 aliphatic rings. The standard InChI is InChI=1S/C21H25F2N3O4/c1-29-19-12-15(6-7-18(19)30-21(22)23)13-24-20(28)14-25-8-10-26(11-9-25)16-4-2-3-5-17(16)27/h2-7,12,21,27H,8-11,13-14H2,1H3,(H,24,28). The summed E-state index contributed by atoms with van der Waals surface area (Å²) in [6, 6.07) is 11.8. The number of nitrogens with one attached hydrogen (secondary N) is 1. The Morgan fingerprint density at radius 2 is 1.87 bits per heavy atom. The van der Waals surface area contributed by atoms with Crippen molar-refractivity contribution in [2.45, 2.75) is 13.2 Å². The fourth-order valence-electron chi connectivity index (χ4n) is 3.35. The highest BCUT2D eigenvalue weighted by Gasteiger charge is 2.20. The van der Waals surface area contributed by atoms with E-state index in [9.17, 15) is 18.7 Å². The van der Waals surface area contributed by atoms with Crippen molar-refractivity contribution in [2.75, 3.05) is 44.7 Å². The number of alkyl halides is 2. The Labute approximate surface area is 173 Å². The first-order chi connectivity index (χ1) is 14.5. The van der Waals surface area contributed by atoms with Crippen LogP contribution in [0.25, 0.3) is 0 Å². The van der Waals surface area contributed by atoms with Crippen LogP contribution in [0, 0.1) is 0 Å². The molecule has 0 radical (unpaired) electrons. The summed E-state index contributed by atoms with van der Waals surface area (Å²) >= 11 is 0. The quantitative estimate of drug-likeness (QED) is 0.682. The lowest BCUT2D eigenvalue weighted by atomic mass is 10.2. The largest absolute Gasteiger partial charge is 0.506 e. The number of rotatable bonds is 8. The van der Waals surface area contributed by atoms with Crippen LogP contribution in [-0.2, 0) is 11.3 Å². The molecular formula is C21H25F2N3O4. The number of ether oxygens (including phenoxy) is 2. The van der Waals surface area contributed by atoms with Gasteiger partial charge in [-0.2, -0.15) is 8.78 Å². The fourth-order valence-corrected chi connectivity index (χ4v) is 3.35. The summed E-state index contributed by atoms with van der Waals surface area (Å²) in [5.74, 6) is 0.259. The Kier molecular flexibility index (Phi) is 7.29. The van der Waals surface area contributed by atoms with Crippen LogP contribution in [0.1, 0.15) is 5.56 Å². The molecule has 162 valence electrons. The molecule has 0 atom stereocenters. The zero-order chi connectivity index (χ0) is 21.5. The molecule has 0 spiro atoms. The molecule has 0 unspecified atom stereocenters. The number of halogens is 2. The number of hydrogen-bond donors (Lipinski definition) is 2. The molecule has 1 aliphatic heterocycles. The first-order valence-electron chi connectivity index (χ1n) is 9.60. The summed E-state index contributed by atoms with van der Waals surface area (Å²) in [5, 5.41) is 12.8. The van der Waals surface area contributed by atoms with E-state index >= 15 is 0 Å². The number of para-hydroxylation sites is 2. The van der Waals surface area contributed by atoms with E-state index in [0.29, 0.717) is 31.7 Å². The Hall–Kier alpha value is -3.07. The number of phenolic OH excluding ortho intramolecular Hbond substituents is 1.